The summed E-state index contributed by atoms with van der Waals surface area (Å²) in [5, 5.41) is 0.888. The normalized spacial score (nSPS) is 10.4. The number of halogens is 2. The molecule has 0 aliphatic heterocycles. The number of benzene rings is 1. The predicted molar refractivity (Wildman–Crippen MR) is 60.3 cm³/mol. The number of hydrogen-bond donors (Lipinski definition) is 0. The van der Waals surface area contributed by atoms with Crippen LogP contribution in [0.1, 0.15) is 10.4 Å². The number of rotatable bonds is 1. The van der Waals surface area contributed by atoms with Crippen molar-refractivity contribution in [2.24, 2.45) is 0 Å². The van der Waals surface area contributed by atoms with Crippen molar-refractivity contribution in [3.05, 3.63) is 33.1 Å². The maximum absolute atomic E-state index is 10.6. The van der Waals surface area contributed by atoms with E-state index in [1.165, 1.54) is 0 Å². The highest BCUT2D eigenvalue weighted by molar-refractivity contribution is 9.11. The summed E-state index contributed by atoms with van der Waals surface area (Å²) in [6.07, 6.45) is 0.795. The summed E-state index contributed by atoms with van der Waals surface area (Å²) in [6, 6.07) is 5.27. The van der Waals surface area contributed by atoms with Gasteiger partial charge in [0.25, 0.3) is 0 Å². The lowest BCUT2D eigenvalue weighted by molar-refractivity contribution is 0.112. The molecule has 0 aliphatic carbocycles. The van der Waals surface area contributed by atoms with Crippen LogP contribution in [0.3, 0.4) is 0 Å². The first-order valence-corrected chi connectivity index (χ1v) is 5.37. The third-order valence-electron chi connectivity index (χ3n) is 1.78. The van der Waals surface area contributed by atoms with E-state index in [2.05, 4.69) is 41.8 Å². The molecule has 3 nitrogen and oxygen atoms in total. The van der Waals surface area contributed by atoms with Gasteiger partial charge in [-0.2, -0.15) is 0 Å². The zero-order chi connectivity index (χ0) is 10.1. The molecule has 0 bridgehead atoms. The van der Waals surface area contributed by atoms with Gasteiger partial charge in [0.05, 0.1) is 5.52 Å². The molecule has 0 saturated carbocycles. The highest BCUT2D eigenvalue weighted by Gasteiger charge is 2.04. The van der Waals surface area contributed by atoms with E-state index in [4.69, 9.17) is 0 Å². The van der Waals surface area contributed by atoms with Gasteiger partial charge in [0.2, 0.25) is 0 Å². The van der Waals surface area contributed by atoms with E-state index in [1.54, 1.807) is 12.1 Å². The molecular formula is C9H4Br2N2O. The molecule has 0 aliphatic rings. The van der Waals surface area contributed by atoms with E-state index < -0.39 is 0 Å². The highest BCUT2D eigenvalue weighted by atomic mass is 79.9. The Morgan fingerprint density at radius 2 is 2.00 bits per heavy atom. The third-order valence-corrected chi connectivity index (χ3v) is 2.74. The van der Waals surface area contributed by atoms with Crippen molar-refractivity contribution >= 4 is 49.0 Å². The molecule has 70 valence electrons. The molecule has 0 spiro atoms. The molecule has 2 aromatic rings. The number of hydrogen-bond acceptors (Lipinski definition) is 3. The molecule has 14 heavy (non-hydrogen) atoms. The van der Waals surface area contributed by atoms with Gasteiger partial charge in [-0.25, -0.2) is 9.97 Å². The van der Waals surface area contributed by atoms with Gasteiger partial charge in [-0.05, 0) is 44.0 Å². The lowest BCUT2D eigenvalue weighted by atomic mass is 10.2. The molecule has 0 radical (unpaired) electrons. The molecule has 0 atom stereocenters. The van der Waals surface area contributed by atoms with Gasteiger partial charge < -0.3 is 0 Å². The van der Waals surface area contributed by atoms with Crippen LogP contribution in [0.4, 0.5) is 0 Å². The van der Waals surface area contributed by atoms with Crippen LogP contribution in [-0.4, -0.2) is 16.3 Å². The molecule has 0 fully saturated rings. The first kappa shape index (κ1) is 9.73. The maximum atomic E-state index is 10.6. The molecule has 0 amide bonds. The van der Waals surface area contributed by atoms with Gasteiger partial charge in [0.1, 0.15) is 10.9 Å². The molecule has 5 heteroatoms. The Balaban J connectivity index is 2.81. The van der Waals surface area contributed by atoms with Gasteiger partial charge in [-0.15, -0.1) is 0 Å². The summed E-state index contributed by atoms with van der Waals surface area (Å²) in [6.45, 7) is 0. The van der Waals surface area contributed by atoms with E-state index >= 15 is 0 Å². The zero-order valence-corrected chi connectivity index (χ0v) is 10.0. The first-order chi connectivity index (χ1) is 6.70. The lowest BCUT2D eigenvalue weighted by Gasteiger charge is -2.00. The van der Waals surface area contributed by atoms with Crippen molar-refractivity contribution in [1.29, 1.82) is 0 Å². The summed E-state index contributed by atoms with van der Waals surface area (Å²) in [5.74, 6) is 0. The number of aldehydes is 1. The van der Waals surface area contributed by atoms with Gasteiger partial charge in [0.15, 0.2) is 4.73 Å². The Bertz CT molecular complexity index is 513. The minimum atomic E-state index is 0.500. The predicted octanol–water partition coefficient (Wildman–Crippen LogP) is 2.97. The van der Waals surface area contributed by atoms with E-state index in [0.29, 0.717) is 14.9 Å². The van der Waals surface area contributed by atoms with Gasteiger partial charge in [-0.1, -0.05) is 6.07 Å². The quantitative estimate of drug-likeness (QED) is 0.461. The molecule has 0 unspecified atom stereocenters. The molecule has 1 aromatic heterocycles. The van der Waals surface area contributed by atoms with E-state index in [1.807, 2.05) is 6.07 Å². The monoisotopic (exact) mass is 314 g/mol. The molecule has 2 rings (SSSR count). The van der Waals surface area contributed by atoms with E-state index in [9.17, 15) is 4.79 Å². The second-order valence-corrected chi connectivity index (χ2v) is 4.14. The Morgan fingerprint density at radius 1 is 1.21 bits per heavy atom. The number of carbonyl (C=O) groups is 1. The Labute approximate surface area is 96.8 Å². The summed E-state index contributed by atoms with van der Waals surface area (Å²) >= 11 is 6.51. The van der Waals surface area contributed by atoms with Crippen molar-refractivity contribution < 1.29 is 4.79 Å². The van der Waals surface area contributed by atoms with Crippen LogP contribution >= 0.6 is 31.9 Å². The van der Waals surface area contributed by atoms with Gasteiger partial charge >= 0.3 is 0 Å². The minimum absolute atomic E-state index is 0.500. The number of aromatic nitrogens is 2. The van der Waals surface area contributed by atoms with Gasteiger partial charge in [0, 0.05) is 10.9 Å². The summed E-state index contributed by atoms with van der Waals surface area (Å²) in [7, 11) is 0. The Kier molecular flexibility index (Phi) is 2.60. The minimum Gasteiger partial charge on any atom is -0.298 e. The molecule has 0 N–H and O–H groups in total. The topological polar surface area (TPSA) is 42.9 Å². The highest BCUT2D eigenvalue weighted by Crippen LogP contribution is 2.22. The third kappa shape index (κ3) is 1.69. The SMILES string of the molecule is O=Cc1ccc2c(Br)nc(Br)nc2c1. The average Bonchev–Trinajstić information content (AvgIpc) is 2.16. The van der Waals surface area contributed by atoms with Crippen molar-refractivity contribution in [3.63, 3.8) is 0 Å². The number of fused-ring (bicyclic) bond motifs is 1. The number of carbonyl (C=O) groups excluding carboxylic acids is 1. The van der Waals surface area contributed by atoms with Gasteiger partial charge in [-0.3, -0.25) is 4.79 Å². The second-order valence-electron chi connectivity index (χ2n) is 2.68. The van der Waals surface area contributed by atoms with Crippen LogP contribution in [0.5, 0.6) is 0 Å². The second kappa shape index (κ2) is 3.74. The van der Waals surface area contributed by atoms with Crippen molar-refractivity contribution in [1.82, 2.24) is 9.97 Å². The fourth-order valence-electron chi connectivity index (χ4n) is 1.15. The van der Waals surface area contributed by atoms with Crippen LogP contribution in [0.15, 0.2) is 27.5 Å². The van der Waals surface area contributed by atoms with E-state index in [-0.39, 0.29) is 0 Å². The summed E-state index contributed by atoms with van der Waals surface area (Å²) in [4.78, 5) is 18.8. The fraction of sp³-hybridized carbons (Fsp3) is 0. The Hall–Kier alpha value is -0.810. The zero-order valence-electron chi connectivity index (χ0n) is 6.87. The molecule has 1 aromatic carbocycles. The molecule has 0 saturated heterocycles. The number of nitrogens with zero attached hydrogens (tertiary/aromatic N) is 2. The van der Waals surface area contributed by atoms with Crippen LogP contribution < -0.4 is 0 Å². The smallest absolute Gasteiger partial charge is 0.198 e. The van der Waals surface area contributed by atoms with Crippen LogP contribution in [0, 0.1) is 0 Å². The van der Waals surface area contributed by atoms with E-state index in [0.717, 1.165) is 17.2 Å². The molecular weight excluding hydrogens is 312 g/mol. The van der Waals surface area contributed by atoms with Crippen molar-refractivity contribution in [2.45, 2.75) is 0 Å². The van der Waals surface area contributed by atoms with Crippen LogP contribution in [-0.2, 0) is 0 Å². The Morgan fingerprint density at radius 3 is 2.71 bits per heavy atom. The van der Waals surface area contributed by atoms with Crippen LogP contribution in [0.2, 0.25) is 0 Å². The molecule has 1 heterocycles. The summed E-state index contributed by atoms with van der Waals surface area (Å²) in [5.41, 5.74) is 1.35. The van der Waals surface area contributed by atoms with Crippen LogP contribution in [0.25, 0.3) is 10.9 Å². The summed E-state index contributed by atoms with van der Waals surface area (Å²) < 4.78 is 1.21. The largest absolute Gasteiger partial charge is 0.298 e. The first-order valence-electron chi connectivity index (χ1n) is 3.78. The maximum Gasteiger partial charge on any atom is 0.198 e. The average molecular weight is 316 g/mol. The lowest BCUT2D eigenvalue weighted by Crippen LogP contribution is -1.89. The fourth-order valence-corrected chi connectivity index (χ4v) is 2.26. The van der Waals surface area contributed by atoms with Crippen molar-refractivity contribution in [2.75, 3.05) is 0 Å². The standard InChI is InChI=1S/C9H4Br2N2O/c10-8-6-2-1-5(4-14)3-7(6)12-9(11)13-8/h1-4H. The van der Waals surface area contributed by atoms with Crippen molar-refractivity contribution in [3.8, 4) is 0 Å².